The second kappa shape index (κ2) is 7.25. The molecule has 0 aliphatic carbocycles. The van der Waals surface area contributed by atoms with Crippen molar-refractivity contribution in [1.82, 2.24) is 20.2 Å². The predicted octanol–water partition coefficient (Wildman–Crippen LogP) is 2.56. The Morgan fingerprint density at radius 1 is 1.16 bits per heavy atom. The molecule has 3 heterocycles. The second-order valence-corrected chi connectivity index (χ2v) is 6.71. The van der Waals surface area contributed by atoms with Gasteiger partial charge in [0, 0.05) is 55.3 Å². The molecule has 2 aromatic heterocycles. The van der Waals surface area contributed by atoms with Crippen LogP contribution < -0.4 is 5.32 Å². The molecule has 1 aromatic carbocycles. The molecule has 1 aliphatic rings. The highest BCUT2D eigenvalue weighted by Gasteiger charge is 2.26. The van der Waals surface area contributed by atoms with Gasteiger partial charge in [-0.1, -0.05) is 30.0 Å². The van der Waals surface area contributed by atoms with Gasteiger partial charge in [-0.25, -0.2) is 9.97 Å². The van der Waals surface area contributed by atoms with E-state index >= 15 is 0 Å². The molecule has 4 rings (SSSR count). The number of carbonyl (C=O) groups is 1. The van der Waals surface area contributed by atoms with E-state index in [0.717, 1.165) is 29.6 Å². The van der Waals surface area contributed by atoms with Crippen LogP contribution in [0, 0.1) is 0 Å². The summed E-state index contributed by atoms with van der Waals surface area (Å²) in [4.78, 5) is 23.3. The Balaban J connectivity index is 1.66. The zero-order valence-electron chi connectivity index (χ0n) is 13.6. The van der Waals surface area contributed by atoms with Crippen LogP contribution in [-0.2, 0) is 5.75 Å². The standard InChI is InChI=1S/C18H18N4O2S/c23-17(22-10-8-19-9-11-22)16-14(12-25-18-20-6-3-7-21-18)13-4-1-2-5-15(13)24-16/h1-7,19H,8-12H2. The third kappa shape index (κ3) is 3.38. The van der Waals surface area contributed by atoms with Gasteiger partial charge in [0.25, 0.3) is 5.91 Å². The molecule has 1 fully saturated rings. The van der Waals surface area contributed by atoms with E-state index in [4.69, 9.17) is 4.42 Å². The van der Waals surface area contributed by atoms with Crippen LogP contribution in [0.2, 0.25) is 0 Å². The minimum Gasteiger partial charge on any atom is -0.451 e. The maximum absolute atomic E-state index is 13.0. The molecule has 0 atom stereocenters. The van der Waals surface area contributed by atoms with Gasteiger partial charge in [-0.2, -0.15) is 0 Å². The first-order valence-corrected chi connectivity index (χ1v) is 9.22. The molecular formula is C18H18N4O2S. The summed E-state index contributed by atoms with van der Waals surface area (Å²) in [5.41, 5.74) is 1.65. The van der Waals surface area contributed by atoms with Crippen LogP contribution >= 0.6 is 11.8 Å². The van der Waals surface area contributed by atoms with Crippen LogP contribution in [0.4, 0.5) is 0 Å². The summed E-state index contributed by atoms with van der Waals surface area (Å²) in [5, 5.41) is 4.93. The molecule has 128 valence electrons. The number of benzene rings is 1. The van der Waals surface area contributed by atoms with E-state index in [1.54, 1.807) is 18.5 Å². The van der Waals surface area contributed by atoms with Gasteiger partial charge < -0.3 is 14.6 Å². The van der Waals surface area contributed by atoms with Gasteiger partial charge >= 0.3 is 0 Å². The van der Waals surface area contributed by atoms with Crippen LogP contribution in [0.3, 0.4) is 0 Å². The number of hydrogen-bond donors (Lipinski definition) is 1. The molecule has 1 aliphatic heterocycles. The maximum Gasteiger partial charge on any atom is 0.290 e. The van der Waals surface area contributed by atoms with Gasteiger partial charge in [0.1, 0.15) is 5.58 Å². The zero-order valence-corrected chi connectivity index (χ0v) is 14.5. The fraction of sp³-hybridized carbons (Fsp3) is 0.278. The Labute approximate surface area is 149 Å². The monoisotopic (exact) mass is 354 g/mol. The van der Waals surface area contributed by atoms with Gasteiger partial charge in [0.2, 0.25) is 0 Å². The summed E-state index contributed by atoms with van der Waals surface area (Å²) in [6, 6.07) is 9.56. The van der Waals surface area contributed by atoms with Crippen molar-refractivity contribution in [2.45, 2.75) is 10.9 Å². The lowest BCUT2D eigenvalue weighted by Crippen LogP contribution is -2.46. The fourth-order valence-corrected chi connectivity index (χ4v) is 3.75. The number of carbonyl (C=O) groups excluding carboxylic acids is 1. The Morgan fingerprint density at radius 2 is 1.92 bits per heavy atom. The number of para-hydroxylation sites is 1. The van der Waals surface area contributed by atoms with Crippen molar-refractivity contribution in [3.05, 3.63) is 54.0 Å². The molecule has 1 saturated heterocycles. The van der Waals surface area contributed by atoms with Gasteiger partial charge in [-0.15, -0.1) is 0 Å². The molecule has 0 spiro atoms. The van der Waals surface area contributed by atoms with E-state index < -0.39 is 0 Å². The highest BCUT2D eigenvalue weighted by atomic mass is 32.2. The van der Waals surface area contributed by atoms with Crippen LogP contribution in [0.15, 0.2) is 52.3 Å². The number of hydrogen-bond acceptors (Lipinski definition) is 6. The molecule has 3 aromatic rings. The summed E-state index contributed by atoms with van der Waals surface area (Å²) >= 11 is 1.51. The summed E-state index contributed by atoms with van der Waals surface area (Å²) in [7, 11) is 0. The van der Waals surface area contributed by atoms with E-state index in [0.29, 0.717) is 29.8 Å². The second-order valence-electron chi connectivity index (χ2n) is 5.77. The Kier molecular flexibility index (Phi) is 4.67. The molecule has 0 saturated carbocycles. The molecule has 0 bridgehead atoms. The first-order chi connectivity index (χ1) is 12.3. The number of amides is 1. The van der Waals surface area contributed by atoms with E-state index in [9.17, 15) is 4.79 Å². The first-order valence-electron chi connectivity index (χ1n) is 8.23. The highest BCUT2D eigenvalue weighted by Crippen LogP contribution is 2.31. The van der Waals surface area contributed by atoms with E-state index in [-0.39, 0.29) is 5.91 Å². The average molecular weight is 354 g/mol. The van der Waals surface area contributed by atoms with Crippen LogP contribution in [0.5, 0.6) is 0 Å². The lowest BCUT2D eigenvalue weighted by atomic mass is 10.1. The Bertz CT molecular complexity index is 875. The zero-order chi connectivity index (χ0) is 17.1. The van der Waals surface area contributed by atoms with Crippen molar-refractivity contribution < 1.29 is 9.21 Å². The Morgan fingerprint density at radius 3 is 2.72 bits per heavy atom. The molecule has 1 amide bonds. The summed E-state index contributed by atoms with van der Waals surface area (Å²) in [6.07, 6.45) is 3.44. The van der Waals surface area contributed by atoms with Gasteiger partial charge in [-0.3, -0.25) is 4.79 Å². The van der Waals surface area contributed by atoms with Crippen LogP contribution in [0.1, 0.15) is 16.1 Å². The number of nitrogens with one attached hydrogen (secondary N) is 1. The lowest BCUT2D eigenvalue weighted by molar-refractivity contribution is 0.0705. The minimum absolute atomic E-state index is 0.0396. The number of piperazine rings is 1. The van der Waals surface area contributed by atoms with Crippen molar-refractivity contribution in [3.8, 4) is 0 Å². The normalized spacial score (nSPS) is 14.8. The van der Waals surface area contributed by atoms with Crippen molar-refractivity contribution in [3.63, 3.8) is 0 Å². The third-order valence-electron chi connectivity index (χ3n) is 4.18. The molecule has 6 nitrogen and oxygen atoms in total. The van der Waals surface area contributed by atoms with E-state index in [2.05, 4.69) is 15.3 Å². The molecule has 0 radical (unpaired) electrons. The molecule has 1 N–H and O–H groups in total. The van der Waals surface area contributed by atoms with Crippen LogP contribution in [-0.4, -0.2) is 47.0 Å². The van der Waals surface area contributed by atoms with Crippen molar-refractivity contribution in [2.75, 3.05) is 26.2 Å². The largest absolute Gasteiger partial charge is 0.451 e. The average Bonchev–Trinajstić information content (AvgIpc) is 3.06. The number of aromatic nitrogens is 2. The number of furan rings is 1. The SMILES string of the molecule is O=C(c1oc2ccccc2c1CSc1ncccn1)N1CCNCC1. The van der Waals surface area contributed by atoms with Gasteiger partial charge in [0.15, 0.2) is 10.9 Å². The molecular weight excluding hydrogens is 336 g/mol. The fourth-order valence-electron chi connectivity index (χ4n) is 2.92. The molecule has 0 unspecified atom stereocenters. The Hall–Kier alpha value is -2.38. The van der Waals surface area contributed by atoms with Crippen molar-refractivity contribution in [1.29, 1.82) is 0 Å². The van der Waals surface area contributed by atoms with Crippen molar-refractivity contribution in [2.24, 2.45) is 0 Å². The molecule has 25 heavy (non-hydrogen) atoms. The maximum atomic E-state index is 13.0. The van der Waals surface area contributed by atoms with Gasteiger partial charge in [0.05, 0.1) is 0 Å². The quantitative estimate of drug-likeness (QED) is 0.573. The lowest BCUT2D eigenvalue weighted by Gasteiger charge is -2.26. The summed E-state index contributed by atoms with van der Waals surface area (Å²) < 4.78 is 5.94. The summed E-state index contributed by atoms with van der Waals surface area (Å²) in [5.74, 6) is 0.989. The van der Waals surface area contributed by atoms with E-state index in [1.165, 1.54) is 11.8 Å². The van der Waals surface area contributed by atoms with Crippen molar-refractivity contribution >= 4 is 28.6 Å². The third-order valence-corrected chi connectivity index (χ3v) is 5.09. The van der Waals surface area contributed by atoms with Gasteiger partial charge in [-0.05, 0) is 12.1 Å². The number of rotatable bonds is 4. The number of nitrogens with zero attached hydrogens (tertiary/aromatic N) is 3. The first kappa shape index (κ1) is 16.1. The number of thioether (sulfide) groups is 1. The van der Waals surface area contributed by atoms with Crippen LogP contribution in [0.25, 0.3) is 11.0 Å². The smallest absolute Gasteiger partial charge is 0.290 e. The highest BCUT2D eigenvalue weighted by molar-refractivity contribution is 7.98. The van der Waals surface area contributed by atoms with E-state index in [1.807, 2.05) is 29.2 Å². The predicted molar refractivity (Wildman–Crippen MR) is 96.6 cm³/mol. The molecule has 7 heteroatoms. The topological polar surface area (TPSA) is 71.3 Å². The summed E-state index contributed by atoms with van der Waals surface area (Å²) in [6.45, 7) is 3.02. The number of fused-ring (bicyclic) bond motifs is 1. The minimum atomic E-state index is -0.0396.